The quantitative estimate of drug-likeness (QED) is 0.413. The number of nitrogens with zero attached hydrogens (tertiary/aromatic N) is 2. The van der Waals surface area contributed by atoms with Crippen LogP contribution in [0.4, 0.5) is 0 Å². The minimum Gasteiger partial charge on any atom is -0.236 e. The van der Waals surface area contributed by atoms with Gasteiger partial charge in [-0.25, -0.2) is 9.97 Å². The summed E-state index contributed by atoms with van der Waals surface area (Å²) < 4.78 is 2.42. The van der Waals surface area contributed by atoms with Gasteiger partial charge in [-0.1, -0.05) is 88.5 Å². The first kappa shape index (κ1) is 19.4. The fraction of sp³-hybridized carbons (Fsp3) is 0.231. The highest BCUT2D eigenvalue weighted by Gasteiger charge is 2.16. The summed E-state index contributed by atoms with van der Waals surface area (Å²) in [7, 11) is 0. The van der Waals surface area contributed by atoms with Crippen molar-refractivity contribution in [1.29, 1.82) is 0 Å². The van der Waals surface area contributed by atoms with Crippen LogP contribution in [-0.4, -0.2) is 9.97 Å². The Labute approximate surface area is 185 Å². The SMILES string of the molecule is CC1(C)C=CC=C(c2nc3cc4nc(C5=CC=CC(C)(C)C=C5)sc4cc3s2)C=C1. The molecule has 0 saturated heterocycles. The van der Waals surface area contributed by atoms with E-state index in [0.29, 0.717) is 0 Å². The highest BCUT2D eigenvalue weighted by atomic mass is 32.1. The second kappa shape index (κ2) is 7.00. The lowest BCUT2D eigenvalue weighted by Gasteiger charge is -2.12. The number of fused-ring (bicyclic) bond motifs is 2. The lowest BCUT2D eigenvalue weighted by molar-refractivity contribution is 0.627. The molecule has 0 spiro atoms. The van der Waals surface area contributed by atoms with E-state index in [1.165, 1.54) is 9.40 Å². The zero-order chi connectivity index (χ0) is 20.9. The molecule has 2 nitrogen and oxygen atoms in total. The Morgan fingerprint density at radius 2 is 1.10 bits per heavy atom. The van der Waals surface area contributed by atoms with Crippen LogP contribution in [0.3, 0.4) is 0 Å². The van der Waals surface area contributed by atoms with Gasteiger partial charge >= 0.3 is 0 Å². The molecule has 2 heterocycles. The first-order chi connectivity index (χ1) is 14.3. The van der Waals surface area contributed by atoms with Gasteiger partial charge in [-0.2, -0.15) is 0 Å². The van der Waals surface area contributed by atoms with Crippen molar-refractivity contribution in [1.82, 2.24) is 9.97 Å². The molecule has 4 heteroatoms. The maximum absolute atomic E-state index is 4.92. The Hall–Kier alpha value is -2.56. The van der Waals surface area contributed by atoms with E-state index in [1.54, 1.807) is 22.7 Å². The van der Waals surface area contributed by atoms with Crippen LogP contribution in [-0.2, 0) is 0 Å². The number of hydrogen-bond acceptors (Lipinski definition) is 4. The van der Waals surface area contributed by atoms with Crippen molar-refractivity contribution in [2.24, 2.45) is 10.8 Å². The monoisotopic (exact) mass is 428 g/mol. The molecular weight excluding hydrogens is 404 g/mol. The molecule has 2 aliphatic rings. The molecule has 3 aromatic rings. The van der Waals surface area contributed by atoms with Crippen molar-refractivity contribution in [3.63, 3.8) is 0 Å². The van der Waals surface area contributed by atoms with Gasteiger partial charge in [0.1, 0.15) is 10.0 Å². The van der Waals surface area contributed by atoms with E-state index >= 15 is 0 Å². The van der Waals surface area contributed by atoms with Gasteiger partial charge in [0.25, 0.3) is 0 Å². The van der Waals surface area contributed by atoms with E-state index in [-0.39, 0.29) is 10.8 Å². The van der Waals surface area contributed by atoms with Crippen molar-refractivity contribution in [3.8, 4) is 0 Å². The summed E-state index contributed by atoms with van der Waals surface area (Å²) in [4.78, 5) is 9.84. The predicted molar refractivity (Wildman–Crippen MR) is 133 cm³/mol. The van der Waals surface area contributed by atoms with Crippen molar-refractivity contribution >= 4 is 54.3 Å². The summed E-state index contributed by atoms with van der Waals surface area (Å²) in [5, 5.41) is 2.12. The Morgan fingerprint density at radius 1 is 0.633 bits per heavy atom. The number of benzene rings is 1. The summed E-state index contributed by atoms with van der Waals surface area (Å²) in [6.07, 6.45) is 21.9. The topological polar surface area (TPSA) is 25.8 Å². The summed E-state index contributed by atoms with van der Waals surface area (Å²) in [6.45, 7) is 8.84. The highest BCUT2D eigenvalue weighted by molar-refractivity contribution is 7.21. The molecule has 0 amide bonds. The van der Waals surface area contributed by atoms with Crippen LogP contribution in [0.5, 0.6) is 0 Å². The minimum absolute atomic E-state index is 0.0728. The van der Waals surface area contributed by atoms with Gasteiger partial charge in [-0.3, -0.25) is 0 Å². The van der Waals surface area contributed by atoms with Gasteiger partial charge in [0, 0.05) is 22.0 Å². The van der Waals surface area contributed by atoms with E-state index < -0.39 is 0 Å². The van der Waals surface area contributed by atoms with Gasteiger partial charge < -0.3 is 0 Å². The fourth-order valence-electron chi connectivity index (χ4n) is 3.51. The molecule has 0 aliphatic heterocycles. The first-order valence-electron chi connectivity index (χ1n) is 10.2. The van der Waals surface area contributed by atoms with Gasteiger partial charge in [-0.15, -0.1) is 22.7 Å². The van der Waals surface area contributed by atoms with Crippen LogP contribution in [0.1, 0.15) is 37.7 Å². The second-order valence-electron chi connectivity index (χ2n) is 9.10. The Kier molecular flexibility index (Phi) is 4.53. The van der Waals surface area contributed by atoms with E-state index in [2.05, 4.69) is 101 Å². The molecule has 150 valence electrons. The molecule has 0 saturated carbocycles. The van der Waals surface area contributed by atoms with Crippen molar-refractivity contribution in [2.75, 3.05) is 0 Å². The fourth-order valence-corrected chi connectivity index (χ4v) is 5.57. The lowest BCUT2D eigenvalue weighted by atomic mass is 9.93. The molecule has 2 aromatic heterocycles. The van der Waals surface area contributed by atoms with Crippen molar-refractivity contribution in [3.05, 3.63) is 82.9 Å². The minimum atomic E-state index is 0.0728. The van der Waals surface area contributed by atoms with E-state index in [0.717, 1.165) is 32.2 Å². The van der Waals surface area contributed by atoms with Gasteiger partial charge in [0.05, 0.1) is 20.4 Å². The molecule has 5 rings (SSSR count). The highest BCUT2D eigenvalue weighted by Crippen LogP contribution is 2.37. The van der Waals surface area contributed by atoms with Crippen LogP contribution in [0, 0.1) is 10.8 Å². The number of thiazole rings is 2. The molecule has 0 unspecified atom stereocenters. The van der Waals surface area contributed by atoms with E-state index in [1.807, 2.05) is 0 Å². The van der Waals surface area contributed by atoms with Crippen molar-refractivity contribution < 1.29 is 0 Å². The molecule has 0 bridgehead atoms. The summed E-state index contributed by atoms with van der Waals surface area (Å²) in [5.41, 5.74) is 4.52. The Balaban J connectivity index is 1.52. The normalized spacial score (nSPS) is 19.7. The number of allylic oxidation sites excluding steroid dienone is 12. The average molecular weight is 429 g/mol. The molecule has 0 fully saturated rings. The molecule has 0 N–H and O–H groups in total. The third kappa shape index (κ3) is 3.78. The van der Waals surface area contributed by atoms with Gasteiger partial charge in [0.2, 0.25) is 0 Å². The zero-order valence-electron chi connectivity index (χ0n) is 17.6. The summed E-state index contributed by atoms with van der Waals surface area (Å²) in [6, 6.07) is 4.38. The van der Waals surface area contributed by atoms with Gasteiger partial charge in [-0.05, 0) is 12.1 Å². The largest absolute Gasteiger partial charge is 0.236 e. The average Bonchev–Trinajstić information content (AvgIpc) is 3.16. The Bertz CT molecular complexity index is 1180. The first-order valence-corrected chi connectivity index (χ1v) is 11.8. The van der Waals surface area contributed by atoms with Crippen LogP contribution in [0.15, 0.2) is 72.9 Å². The number of aromatic nitrogens is 2. The zero-order valence-corrected chi connectivity index (χ0v) is 19.3. The predicted octanol–water partition coefficient (Wildman–Crippen LogP) is 7.98. The van der Waals surface area contributed by atoms with Crippen LogP contribution in [0.25, 0.3) is 31.6 Å². The van der Waals surface area contributed by atoms with Crippen molar-refractivity contribution in [2.45, 2.75) is 27.7 Å². The van der Waals surface area contributed by atoms with Crippen LogP contribution >= 0.6 is 22.7 Å². The third-order valence-corrected chi connectivity index (χ3v) is 7.51. The summed E-state index contributed by atoms with van der Waals surface area (Å²) >= 11 is 3.50. The standard InChI is InChI=1S/C26H24N2S2/c1-25(2)11-5-7-17(9-13-25)23-27-19-15-20-22(16-21(19)29-23)30-24(28-20)18-8-6-12-26(3,4)14-10-18/h5-16H,1-4H3. The molecule has 1 aromatic carbocycles. The van der Waals surface area contributed by atoms with Gasteiger partial charge in [0.15, 0.2) is 0 Å². The van der Waals surface area contributed by atoms with Crippen LogP contribution in [0.2, 0.25) is 0 Å². The molecule has 0 atom stereocenters. The smallest absolute Gasteiger partial charge is 0.124 e. The van der Waals surface area contributed by atoms with E-state index in [9.17, 15) is 0 Å². The Morgan fingerprint density at radius 3 is 1.57 bits per heavy atom. The molecule has 30 heavy (non-hydrogen) atoms. The molecule has 2 aliphatic carbocycles. The van der Waals surface area contributed by atoms with Crippen LogP contribution < -0.4 is 0 Å². The maximum Gasteiger partial charge on any atom is 0.124 e. The number of hydrogen-bond donors (Lipinski definition) is 0. The lowest BCUT2D eigenvalue weighted by Crippen LogP contribution is -2.00. The van der Waals surface area contributed by atoms with E-state index in [4.69, 9.17) is 9.97 Å². The molecular formula is C26H24N2S2. The number of rotatable bonds is 2. The maximum atomic E-state index is 4.92. The molecule has 0 radical (unpaired) electrons. The summed E-state index contributed by atoms with van der Waals surface area (Å²) in [5.74, 6) is 0. The third-order valence-electron chi connectivity index (χ3n) is 5.38. The second-order valence-corrected chi connectivity index (χ2v) is 11.2.